The van der Waals surface area contributed by atoms with Crippen molar-refractivity contribution in [1.82, 2.24) is 0 Å². The average Bonchev–Trinajstić information content (AvgIpc) is 2.99. The molecular formula is C23H18OS. The standard InChI is InChI=1S/C23H18OS/c1-4-10-21-16(5-2)22-18-12-7-6-11-17(18)15(3)24-20-14-9-8-13-19(20)23(22)25-21/h4-14H,2-3H2,1H3/b10-4-. The van der Waals surface area contributed by atoms with Crippen molar-refractivity contribution in [3.05, 3.63) is 83.8 Å². The second kappa shape index (κ2) is 6.23. The summed E-state index contributed by atoms with van der Waals surface area (Å²) in [6, 6.07) is 16.4. The Morgan fingerprint density at radius 2 is 1.64 bits per heavy atom. The third kappa shape index (κ3) is 2.46. The Bertz CT molecular complexity index is 1020. The predicted molar refractivity (Wildman–Crippen MR) is 110 cm³/mol. The molecule has 122 valence electrons. The lowest BCUT2D eigenvalue weighted by atomic mass is 9.91. The highest BCUT2D eigenvalue weighted by Gasteiger charge is 2.25. The SMILES string of the molecule is C=Cc1c(/C=C\C)sc2c1-c1ccccc1C(=C)Oc1ccccc1-2. The number of ether oxygens (including phenoxy) is 1. The number of fused-ring (bicyclic) bond motifs is 5. The summed E-state index contributed by atoms with van der Waals surface area (Å²) in [5, 5.41) is 0. The van der Waals surface area contributed by atoms with Gasteiger partial charge in [-0.2, -0.15) is 0 Å². The molecule has 3 aromatic rings. The van der Waals surface area contributed by atoms with Crippen molar-refractivity contribution in [3.63, 3.8) is 0 Å². The molecule has 0 spiro atoms. The first kappa shape index (κ1) is 15.7. The molecule has 0 fully saturated rings. The molecule has 25 heavy (non-hydrogen) atoms. The minimum absolute atomic E-state index is 0.669. The molecule has 1 aliphatic rings. The zero-order valence-corrected chi connectivity index (χ0v) is 14.9. The largest absolute Gasteiger partial charge is 0.457 e. The molecular weight excluding hydrogens is 324 g/mol. The molecule has 0 amide bonds. The van der Waals surface area contributed by atoms with Gasteiger partial charge in [-0.15, -0.1) is 11.3 Å². The number of benzene rings is 2. The van der Waals surface area contributed by atoms with Crippen LogP contribution in [0.2, 0.25) is 0 Å². The van der Waals surface area contributed by atoms with Gasteiger partial charge in [0.25, 0.3) is 0 Å². The fourth-order valence-corrected chi connectivity index (χ4v) is 4.59. The highest BCUT2D eigenvalue weighted by molar-refractivity contribution is 7.17. The fraction of sp³-hybridized carbons (Fsp3) is 0.0435. The van der Waals surface area contributed by atoms with Crippen LogP contribution < -0.4 is 4.74 Å². The molecule has 1 aromatic heterocycles. The highest BCUT2D eigenvalue weighted by Crippen LogP contribution is 2.50. The van der Waals surface area contributed by atoms with Crippen molar-refractivity contribution in [2.75, 3.05) is 0 Å². The van der Waals surface area contributed by atoms with E-state index in [-0.39, 0.29) is 0 Å². The first-order valence-electron chi connectivity index (χ1n) is 8.22. The third-order valence-electron chi connectivity index (χ3n) is 4.36. The molecule has 0 saturated heterocycles. The predicted octanol–water partition coefficient (Wildman–Crippen LogP) is 7.12. The average molecular weight is 342 g/mol. The maximum Gasteiger partial charge on any atom is 0.136 e. The van der Waals surface area contributed by atoms with E-state index in [1.807, 2.05) is 37.3 Å². The normalized spacial score (nSPS) is 12.6. The van der Waals surface area contributed by atoms with Crippen LogP contribution >= 0.6 is 11.3 Å². The van der Waals surface area contributed by atoms with Crippen LogP contribution in [0.4, 0.5) is 0 Å². The monoisotopic (exact) mass is 342 g/mol. The van der Waals surface area contributed by atoms with Crippen LogP contribution in [0.25, 0.3) is 39.5 Å². The Labute approximate surface area is 152 Å². The quantitative estimate of drug-likeness (QED) is 0.481. The summed E-state index contributed by atoms with van der Waals surface area (Å²) >= 11 is 1.77. The summed E-state index contributed by atoms with van der Waals surface area (Å²) in [6.45, 7) is 10.3. The molecule has 4 rings (SSSR count). The molecule has 0 aliphatic carbocycles. The molecule has 0 radical (unpaired) electrons. The Morgan fingerprint density at radius 1 is 0.960 bits per heavy atom. The molecule has 0 saturated carbocycles. The molecule has 1 nitrogen and oxygen atoms in total. The molecule has 0 atom stereocenters. The van der Waals surface area contributed by atoms with Gasteiger partial charge < -0.3 is 4.74 Å². The van der Waals surface area contributed by atoms with E-state index >= 15 is 0 Å². The summed E-state index contributed by atoms with van der Waals surface area (Å²) in [6.07, 6.45) is 6.17. The molecule has 2 heterocycles. The van der Waals surface area contributed by atoms with E-state index in [4.69, 9.17) is 4.74 Å². The Morgan fingerprint density at radius 3 is 2.36 bits per heavy atom. The zero-order chi connectivity index (χ0) is 17.4. The van der Waals surface area contributed by atoms with Crippen LogP contribution in [-0.4, -0.2) is 0 Å². The van der Waals surface area contributed by atoms with Crippen LogP contribution in [0.5, 0.6) is 5.75 Å². The van der Waals surface area contributed by atoms with E-state index in [2.05, 4.69) is 49.6 Å². The highest BCUT2D eigenvalue weighted by atomic mass is 32.1. The van der Waals surface area contributed by atoms with Crippen molar-refractivity contribution in [2.24, 2.45) is 0 Å². The van der Waals surface area contributed by atoms with Crippen LogP contribution in [-0.2, 0) is 0 Å². The van der Waals surface area contributed by atoms with Crippen LogP contribution in [0, 0.1) is 0 Å². The fourth-order valence-electron chi connectivity index (χ4n) is 3.27. The second-order valence-corrected chi connectivity index (χ2v) is 6.91. The van der Waals surface area contributed by atoms with Gasteiger partial charge in [0, 0.05) is 32.0 Å². The van der Waals surface area contributed by atoms with Gasteiger partial charge in [0.15, 0.2) is 0 Å². The topological polar surface area (TPSA) is 9.23 Å². The van der Waals surface area contributed by atoms with Crippen LogP contribution in [0.1, 0.15) is 22.9 Å². The van der Waals surface area contributed by atoms with E-state index in [9.17, 15) is 0 Å². The maximum atomic E-state index is 6.13. The summed E-state index contributed by atoms with van der Waals surface area (Å²) in [4.78, 5) is 2.41. The van der Waals surface area contributed by atoms with Crippen molar-refractivity contribution >= 4 is 29.2 Å². The summed E-state index contributed by atoms with van der Waals surface area (Å²) in [5.74, 6) is 1.51. The van der Waals surface area contributed by atoms with Gasteiger partial charge >= 0.3 is 0 Å². The second-order valence-electron chi connectivity index (χ2n) is 5.86. The zero-order valence-electron chi connectivity index (χ0n) is 14.1. The van der Waals surface area contributed by atoms with Gasteiger partial charge in [-0.25, -0.2) is 0 Å². The maximum absolute atomic E-state index is 6.13. The summed E-state index contributed by atoms with van der Waals surface area (Å²) < 4.78 is 6.13. The van der Waals surface area contributed by atoms with E-state index in [0.717, 1.165) is 28.0 Å². The molecule has 0 bridgehead atoms. The number of hydrogen-bond donors (Lipinski definition) is 0. The van der Waals surface area contributed by atoms with E-state index < -0.39 is 0 Å². The third-order valence-corrected chi connectivity index (χ3v) is 5.56. The van der Waals surface area contributed by atoms with E-state index in [0.29, 0.717) is 5.76 Å². The molecule has 0 N–H and O–H groups in total. The lowest BCUT2D eigenvalue weighted by Crippen LogP contribution is -2.01. The first-order chi connectivity index (χ1) is 12.2. The first-order valence-corrected chi connectivity index (χ1v) is 9.04. The number of para-hydroxylation sites is 1. The van der Waals surface area contributed by atoms with E-state index in [1.54, 1.807) is 11.3 Å². The lowest BCUT2D eigenvalue weighted by molar-refractivity contribution is 0.518. The minimum Gasteiger partial charge on any atom is -0.457 e. The van der Waals surface area contributed by atoms with Crippen molar-refractivity contribution < 1.29 is 4.74 Å². The van der Waals surface area contributed by atoms with Crippen molar-refractivity contribution in [1.29, 1.82) is 0 Å². The van der Waals surface area contributed by atoms with Gasteiger partial charge in [0.1, 0.15) is 11.5 Å². The minimum atomic E-state index is 0.669. The number of hydrogen-bond acceptors (Lipinski definition) is 2. The van der Waals surface area contributed by atoms with Gasteiger partial charge in [-0.3, -0.25) is 0 Å². The van der Waals surface area contributed by atoms with Crippen LogP contribution in [0.3, 0.4) is 0 Å². The van der Waals surface area contributed by atoms with Gasteiger partial charge in [0.2, 0.25) is 0 Å². The summed E-state index contributed by atoms with van der Waals surface area (Å²) in [5.41, 5.74) is 5.62. The van der Waals surface area contributed by atoms with Crippen molar-refractivity contribution in [2.45, 2.75) is 6.92 Å². The van der Waals surface area contributed by atoms with Gasteiger partial charge in [0.05, 0.1) is 0 Å². The lowest BCUT2D eigenvalue weighted by Gasteiger charge is -2.20. The molecule has 2 heteroatoms. The summed E-state index contributed by atoms with van der Waals surface area (Å²) in [7, 11) is 0. The molecule has 0 unspecified atom stereocenters. The Hall–Kier alpha value is -2.84. The Balaban J connectivity index is 2.17. The van der Waals surface area contributed by atoms with Gasteiger partial charge in [-0.05, 0) is 30.7 Å². The molecule has 1 aliphatic heterocycles. The number of rotatable bonds is 2. The number of allylic oxidation sites excluding steroid dienone is 1. The molecule has 2 aromatic carbocycles. The van der Waals surface area contributed by atoms with E-state index in [1.165, 1.54) is 15.3 Å². The van der Waals surface area contributed by atoms with Crippen LogP contribution in [0.15, 0.2) is 67.8 Å². The van der Waals surface area contributed by atoms with Gasteiger partial charge in [-0.1, -0.05) is 61.7 Å². The number of thiophene rings is 1. The Kier molecular flexibility index (Phi) is 3.90. The van der Waals surface area contributed by atoms with Crippen molar-refractivity contribution in [3.8, 4) is 27.3 Å². The smallest absolute Gasteiger partial charge is 0.136 e.